The Labute approximate surface area is 223 Å². The van der Waals surface area contributed by atoms with Gasteiger partial charge in [-0.3, -0.25) is 4.98 Å². The summed E-state index contributed by atoms with van der Waals surface area (Å²) < 4.78 is 45.6. The number of carbonyl (C=O) groups is 1. The van der Waals surface area contributed by atoms with E-state index >= 15 is 0 Å². The average molecular weight is 540 g/mol. The summed E-state index contributed by atoms with van der Waals surface area (Å²) in [7, 11) is 0. The number of nitrogens with zero attached hydrogens (tertiary/aromatic N) is 1. The van der Waals surface area contributed by atoms with E-state index in [1.807, 2.05) is 36.4 Å². The minimum absolute atomic E-state index is 0.227. The van der Waals surface area contributed by atoms with Crippen LogP contribution in [0.4, 0.5) is 23.7 Å². The Bertz CT molecular complexity index is 1340. The maximum absolute atomic E-state index is 13.9. The molecule has 2 amide bonds. The Morgan fingerprint density at radius 3 is 2.16 bits per heavy atom. The van der Waals surface area contributed by atoms with Crippen LogP contribution in [-0.4, -0.2) is 23.3 Å². The fourth-order valence-corrected chi connectivity index (χ4v) is 4.09. The summed E-state index contributed by atoms with van der Waals surface area (Å²) in [6.07, 6.45) is -4.76. The van der Waals surface area contributed by atoms with Crippen molar-refractivity contribution in [1.82, 2.24) is 10.3 Å². The minimum Gasteiger partial charge on any atom is -0.430 e. The highest BCUT2D eigenvalue weighted by atomic mass is 35.5. The van der Waals surface area contributed by atoms with Crippen molar-refractivity contribution in [2.45, 2.75) is 31.2 Å². The van der Waals surface area contributed by atoms with Crippen LogP contribution >= 0.6 is 11.6 Å². The van der Waals surface area contributed by atoms with Gasteiger partial charge in [-0.15, -0.1) is 0 Å². The van der Waals surface area contributed by atoms with Crippen LogP contribution in [0.2, 0.25) is 5.02 Å². The zero-order valence-electron chi connectivity index (χ0n) is 20.4. The van der Waals surface area contributed by atoms with Gasteiger partial charge in [-0.2, -0.15) is 8.78 Å². The summed E-state index contributed by atoms with van der Waals surface area (Å²) >= 11 is 6.11. The van der Waals surface area contributed by atoms with E-state index in [1.54, 1.807) is 36.4 Å². The van der Waals surface area contributed by atoms with Gasteiger partial charge in [-0.05, 0) is 54.4 Å². The number of para-hydroxylation sites is 1. The van der Waals surface area contributed by atoms with E-state index in [0.717, 1.165) is 12.5 Å². The largest absolute Gasteiger partial charge is 0.430 e. The molecule has 2 atom stereocenters. The molecule has 196 valence electrons. The number of benzene rings is 3. The van der Waals surface area contributed by atoms with Crippen molar-refractivity contribution < 1.29 is 22.7 Å². The van der Waals surface area contributed by atoms with Gasteiger partial charge in [0.1, 0.15) is 11.3 Å². The van der Waals surface area contributed by atoms with E-state index in [4.69, 9.17) is 11.6 Å². The monoisotopic (exact) mass is 539 g/mol. The number of pyridine rings is 1. The third-order valence-corrected chi connectivity index (χ3v) is 6.12. The van der Waals surface area contributed by atoms with E-state index in [1.165, 1.54) is 30.5 Å². The second kappa shape index (κ2) is 11.6. The smallest absolute Gasteiger partial charge is 0.429 e. The molecule has 0 radical (unpaired) electrons. The van der Waals surface area contributed by atoms with Gasteiger partial charge in [0.25, 0.3) is 0 Å². The number of ether oxygens (including phenoxy) is 1. The SMILES string of the molecule is CC(F)C(F)(F)Oc1ccc(C(Cc2ccccc2)(NC(=O)Nc2ccccc2)c2ccc(Cl)cn2)cc1. The second-order valence-electron chi connectivity index (χ2n) is 8.68. The first kappa shape index (κ1) is 27.0. The van der Waals surface area contributed by atoms with Gasteiger partial charge in [-0.25, -0.2) is 9.18 Å². The molecule has 9 heteroatoms. The normalized spacial score (nSPS) is 13.7. The highest BCUT2D eigenvalue weighted by Crippen LogP contribution is 2.35. The number of rotatable bonds is 9. The molecule has 0 spiro atoms. The number of aromatic nitrogens is 1. The van der Waals surface area contributed by atoms with Crippen LogP contribution < -0.4 is 15.4 Å². The topological polar surface area (TPSA) is 63.2 Å². The van der Waals surface area contributed by atoms with Crippen molar-refractivity contribution in [3.8, 4) is 5.75 Å². The van der Waals surface area contributed by atoms with Crippen LogP contribution in [0.5, 0.6) is 5.75 Å². The lowest BCUT2D eigenvalue weighted by Crippen LogP contribution is -2.50. The third kappa shape index (κ3) is 6.44. The van der Waals surface area contributed by atoms with E-state index in [0.29, 0.717) is 22.0 Å². The Morgan fingerprint density at radius 1 is 0.947 bits per heavy atom. The first-order valence-electron chi connectivity index (χ1n) is 11.8. The Hall–Kier alpha value is -4.04. The number of nitrogens with one attached hydrogen (secondary N) is 2. The Kier molecular flexibility index (Phi) is 8.22. The molecule has 4 rings (SSSR count). The molecule has 2 N–H and O–H groups in total. The van der Waals surface area contributed by atoms with Crippen molar-refractivity contribution in [3.05, 3.63) is 125 Å². The zero-order valence-corrected chi connectivity index (χ0v) is 21.1. The average Bonchev–Trinajstić information content (AvgIpc) is 2.90. The van der Waals surface area contributed by atoms with Crippen molar-refractivity contribution >= 4 is 23.3 Å². The Morgan fingerprint density at radius 2 is 1.58 bits per heavy atom. The lowest BCUT2D eigenvalue weighted by molar-refractivity contribution is -0.215. The molecule has 0 saturated heterocycles. The number of hydrogen-bond acceptors (Lipinski definition) is 3. The summed E-state index contributed by atoms with van der Waals surface area (Å²) in [5.74, 6) is -0.227. The van der Waals surface area contributed by atoms with E-state index in [9.17, 15) is 18.0 Å². The lowest BCUT2D eigenvalue weighted by Gasteiger charge is -2.35. The predicted molar refractivity (Wildman–Crippen MR) is 141 cm³/mol. The van der Waals surface area contributed by atoms with Crippen molar-refractivity contribution in [3.63, 3.8) is 0 Å². The molecular formula is C29H25ClF3N3O2. The molecule has 1 aromatic heterocycles. The first-order valence-corrected chi connectivity index (χ1v) is 12.2. The molecule has 0 saturated carbocycles. The number of alkyl halides is 3. The second-order valence-corrected chi connectivity index (χ2v) is 9.12. The molecular weight excluding hydrogens is 515 g/mol. The molecule has 3 aromatic carbocycles. The quantitative estimate of drug-likeness (QED) is 0.233. The van der Waals surface area contributed by atoms with Gasteiger partial charge in [0.2, 0.25) is 6.17 Å². The molecule has 38 heavy (non-hydrogen) atoms. The van der Waals surface area contributed by atoms with Gasteiger partial charge in [0.15, 0.2) is 0 Å². The summed E-state index contributed by atoms with van der Waals surface area (Å²) in [4.78, 5) is 17.8. The van der Waals surface area contributed by atoms with E-state index in [2.05, 4.69) is 20.4 Å². The molecule has 0 bridgehead atoms. The van der Waals surface area contributed by atoms with Crippen LogP contribution in [-0.2, 0) is 12.0 Å². The van der Waals surface area contributed by atoms with Gasteiger partial charge in [0.05, 0.1) is 10.7 Å². The van der Waals surface area contributed by atoms with Gasteiger partial charge in [-0.1, -0.05) is 72.3 Å². The summed E-state index contributed by atoms with van der Waals surface area (Å²) in [5.41, 5.74) is 1.20. The first-order chi connectivity index (χ1) is 18.2. The number of halogens is 4. The number of hydrogen-bond donors (Lipinski definition) is 2. The van der Waals surface area contributed by atoms with E-state index < -0.39 is 23.9 Å². The molecule has 2 unspecified atom stereocenters. The summed E-state index contributed by atoms with van der Waals surface area (Å²) in [6.45, 7) is 0.723. The van der Waals surface area contributed by atoms with Crippen molar-refractivity contribution in [1.29, 1.82) is 0 Å². The van der Waals surface area contributed by atoms with Crippen molar-refractivity contribution in [2.75, 3.05) is 5.32 Å². The predicted octanol–water partition coefficient (Wildman–Crippen LogP) is 7.37. The standard InChI is InChI=1S/C29H25ClF3N3O2/c1-20(31)29(32,33)38-25-15-12-22(13-16-25)28(18-21-8-4-2-5-9-21,26-17-14-23(30)19-34-26)36-27(37)35-24-10-6-3-7-11-24/h2-17,19-20H,18H2,1H3,(H2,35,36,37). The fourth-order valence-electron chi connectivity index (χ4n) is 3.97. The maximum Gasteiger partial charge on any atom is 0.429 e. The molecule has 5 nitrogen and oxygen atoms in total. The van der Waals surface area contributed by atoms with Gasteiger partial charge >= 0.3 is 12.1 Å². The minimum atomic E-state index is -3.99. The van der Waals surface area contributed by atoms with Crippen LogP contribution in [0.3, 0.4) is 0 Å². The van der Waals surface area contributed by atoms with Gasteiger partial charge < -0.3 is 15.4 Å². The van der Waals surface area contributed by atoms with Crippen LogP contribution in [0.15, 0.2) is 103 Å². The highest BCUT2D eigenvalue weighted by molar-refractivity contribution is 6.30. The summed E-state index contributed by atoms with van der Waals surface area (Å²) in [5, 5.41) is 6.29. The molecule has 0 aliphatic carbocycles. The van der Waals surface area contributed by atoms with Gasteiger partial charge in [0, 0.05) is 18.3 Å². The number of urea groups is 1. The van der Waals surface area contributed by atoms with Crippen LogP contribution in [0.1, 0.15) is 23.7 Å². The molecule has 0 fully saturated rings. The molecule has 0 aliphatic rings. The maximum atomic E-state index is 13.9. The zero-order chi connectivity index (χ0) is 27.2. The molecule has 0 aliphatic heterocycles. The molecule has 1 heterocycles. The van der Waals surface area contributed by atoms with Crippen LogP contribution in [0, 0.1) is 0 Å². The third-order valence-electron chi connectivity index (χ3n) is 5.90. The number of carbonyl (C=O) groups excluding carboxylic acids is 1. The highest BCUT2D eigenvalue weighted by Gasteiger charge is 2.41. The number of amides is 2. The lowest BCUT2D eigenvalue weighted by atomic mass is 9.80. The summed E-state index contributed by atoms with van der Waals surface area (Å²) in [6, 6.07) is 26.9. The number of anilines is 1. The van der Waals surface area contributed by atoms with Crippen molar-refractivity contribution in [2.24, 2.45) is 0 Å². The Balaban J connectivity index is 1.79. The molecule has 4 aromatic rings. The van der Waals surface area contributed by atoms with E-state index in [-0.39, 0.29) is 12.2 Å². The van der Waals surface area contributed by atoms with Crippen LogP contribution in [0.25, 0.3) is 0 Å². The fraction of sp³-hybridized carbons (Fsp3) is 0.172.